The smallest absolute Gasteiger partial charge is 0.186 e. The van der Waals surface area contributed by atoms with Crippen LogP contribution in [0.1, 0.15) is 13.3 Å². The van der Waals surface area contributed by atoms with Crippen molar-refractivity contribution < 1.29 is 4.43 Å². The Hall–Kier alpha value is 0.137. The third-order valence-corrected chi connectivity index (χ3v) is 4.15. The van der Waals surface area contributed by atoms with Gasteiger partial charge in [0, 0.05) is 6.61 Å². The molecule has 0 spiro atoms. The molecule has 0 saturated heterocycles. The van der Waals surface area contributed by atoms with Crippen LogP contribution < -0.4 is 5.73 Å². The van der Waals surface area contributed by atoms with Crippen LogP contribution in [0.5, 0.6) is 0 Å². The van der Waals surface area contributed by atoms with E-state index in [1.165, 1.54) is 6.04 Å². The lowest BCUT2D eigenvalue weighted by atomic mass is 10.5. The lowest BCUT2D eigenvalue weighted by molar-refractivity contribution is 0.328. The highest BCUT2D eigenvalue weighted by Crippen LogP contribution is 2.12. The van der Waals surface area contributed by atoms with Crippen molar-refractivity contribution in [2.24, 2.45) is 5.73 Å². The molecule has 62 valence electrons. The van der Waals surface area contributed by atoms with Crippen molar-refractivity contribution >= 4 is 8.32 Å². The first-order valence-corrected chi connectivity index (χ1v) is 7.08. The first-order valence-electron chi connectivity index (χ1n) is 3.96. The number of nitrogens with two attached hydrogens (primary N) is 1. The molecule has 0 amide bonds. The van der Waals surface area contributed by atoms with E-state index >= 15 is 0 Å². The van der Waals surface area contributed by atoms with Gasteiger partial charge in [-0.15, -0.1) is 0 Å². The molecule has 0 unspecified atom stereocenters. The second-order valence-electron chi connectivity index (χ2n) is 3.08. The third-order valence-electron chi connectivity index (χ3n) is 1.52. The van der Waals surface area contributed by atoms with Gasteiger partial charge >= 0.3 is 0 Å². The Morgan fingerprint density at radius 3 is 2.40 bits per heavy atom. The van der Waals surface area contributed by atoms with Gasteiger partial charge in [0.1, 0.15) is 0 Å². The average Bonchev–Trinajstić information content (AvgIpc) is 1.84. The molecule has 0 aromatic carbocycles. The Morgan fingerprint density at radius 2 is 2.00 bits per heavy atom. The zero-order chi connectivity index (χ0) is 8.04. The molecule has 0 heterocycles. The fourth-order valence-corrected chi connectivity index (χ4v) is 2.97. The van der Waals surface area contributed by atoms with Crippen LogP contribution in [-0.2, 0) is 4.43 Å². The fourth-order valence-electron chi connectivity index (χ4n) is 0.991. The average molecular weight is 161 g/mol. The van der Waals surface area contributed by atoms with Gasteiger partial charge in [-0.3, -0.25) is 0 Å². The van der Waals surface area contributed by atoms with Crippen LogP contribution in [0, 0.1) is 0 Å². The maximum Gasteiger partial charge on any atom is 0.186 e. The number of rotatable bonds is 5. The summed E-state index contributed by atoms with van der Waals surface area (Å²) in [5.41, 5.74) is 5.40. The predicted molar refractivity (Wildman–Crippen MR) is 47.6 cm³/mol. The topological polar surface area (TPSA) is 35.2 Å². The SMILES string of the molecule is CCO[Si](C)(C)CCCN. The predicted octanol–water partition coefficient (Wildman–Crippen LogP) is 1.58. The summed E-state index contributed by atoms with van der Waals surface area (Å²) in [5.74, 6) is 0. The second-order valence-corrected chi connectivity index (χ2v) is 7.39. The summed E-state index contributed by atoms with van der Waals surface area (Å²) in [6.45, 7) is 8.18. The van der Waals surface area contributed by atoms with Gasteiger partial charge in [0.05, 0.1) is 0 Å². The molecular weight excluding hydrogens is 142 g/mol. The lowest BCUT2D eigenvalue weighted by Gasteiger charge is -2.21. The van der Waals surface area contributed by atoms with E-state index in [4.69, 9.17) is 10.2 Å². The first kappa shape index (κ1) is 10.1. The maximum absolute atomic E-state index is 5.61. The molecule has 0 saturated carbocycles. The van der Waals surface area contributed by atoms with Crippen molar-refractivity contribution in [3.05, 3.63) is 0 Å². The van der Waals surface area contributed by atoms with Crippen LogP contribution in [0.3, 0.4) is 0 Å². The molecule has 0 aliphatic heterocycles. The van der Waals surface area contributed by atoms with Gasteiger partial charge in [-0.25, -0.2) is 0 Å². The Bertz CT molecular complexity index is 85.7. The Balaban J connectivity index is 3.42. The van der Waals surface area contributed by atoms with Crippen molar-refractivity contribution in [1.82, 2.24) is 0 Å². The molecule has 10 heavy (non-hydrogen) atoms. The van der Waals surface area contributed by atoms with E-state index in [0.717, 1.165) is 19.6 Å². The molecule has 0 fully saturated rings. The normalized spacial score (nSPS) is 12.0. The van der Waals surface area contributed by atoms with Crippen LogP contribution in [0.2, 0.25) is 19.1 Å². The molecule has 0 bridgehead atoms. The Kier molecular flexibility index (Phi) is 4.94. The van der Waals surface area contributed by atoms with Crippen LogP contribution in [0.4, 0.5) is 0 Å². The standard InChI is InChI=1S/C7H19NOSi/c1-4-9-10(2,3)7-5-6-8/h4-8H2,1-3H3. The van der Waals surface area contributed by atoms with Gasteiger partial charge in [0.15, 0.2) is 8.32 Å². The van der Waals surface area contributed by atoms with Crippen LogP contribution in [-0.4, -0.2) is 21.5 Å². The van der Waals surface area contributed by atoms with Gasteiger partial charge in [0.25, 0.3) is 0 Å². The molecule has 0 rings (SSSR count). The third kappa shape index (κ3) is 4.96. The summed E-state index contributed by atoms with van der Waals surface area (Å²) in [4.78, 5) is 0. The molecule has 0 aromatic rings. The summed E-state index contributed by atoms with van der Waals surface area (Å²) in [5, 5.41) is 0. The highest BCUT2D eigenvalue weighted by molar-refractivity contribution is 6.71. The van der Waals surface area contributed by atoms with E-state index in [9.17, 15) is 0 Å². The van der Waals surface area contributed by atoms with Crippen LogP contribution >= 0.6 is 0 Å². The van der Waals surface area contributed by atoms with Crippen molar-refractivity contribution in [2.45, 2.75) is 32.5 Å². The summed E-state index contributed by atoms with van der Waals surface area (Å²) >= 11 is 0. The zero-order valence-electron chi connectivity index (χ0n) is 7.31. The van der Waals surface area contributed by atoms with Crippen molar-refractivity contribution in [3.63, 3.8) is 0 Å². The molecule has 0 aliphatic rings. The quantitative estimate of drug-likeness (QED) is 0.621. The molecule has 0 radical (unpaired) electrons. The van der Waals surface area contributed by atoms with E-state index in [0.29, 0.717) is 0 Å². The summed E-state index contributed by atoms with van der Waals surface area (Å²) in [7, 11) is -1.30. The Labute approximate surface area is 64.9 Å². The first-order chi connectivity index (χ1) is 4.62. The molecule has 3 heteroatoms. The van der Waals surface area contributed by atoms with Gasteiger partial charge < -0.3 is 10.2 Å². The summed E-state index contributed by atoms with van der Waals surface area (Å²) in [6, 6.07) is 1.19. The fraction of sp³-hybridized carbons (Fsp3) is 1.00. The van der Waals surface area contributed by atoms with Crippen molar-refractivity contribution in [3.8, 4) is 0 Å². The Morgan fingerprint density at radius 1 is 1.40 bits per heavy atom. The zero-order valence-corrected chi connectivity index (χ0v) is 8.31. The number of hydrogen-bond acceptors (Lipinski definition) is 2. The van der Waals surface area contributed by atoms with Crippen molar-refractivity contribution in [1.29, 1.82) is 0 Å². The van der Waals surface area contributed by atoms with E-state index in [-0.39, 0.29) is 0 Å². The minimum atomic E-state index is -1.30. The monoisotopic (exact) mass is 161 g/mol. The van der Waals surface area contributed by atoms with E-state index in [1.54, 1.807) is 0 Å². The van der Waals surface area contributed by atoms with E-state index in [2.05, 4.69) is 20.0 Å². The van der Waals surface area contributed by atoms with Crippen LogP contribution in [0.25, 0.3) is 0 Å². The highest BCUT2D eigenvalue weighted by atomic mass is 28.4. The van der Waals surface area contributed by atoms with Crippen LogP contribution in [0.15, 0.2) is 0 Å². The number of hydrogen-bond donors (Lipinski definition) is 1. The highest BCUT2D eigenvalue weighted by Gasteiger charge is 2.19. The summed E-state index contributed by atoms with van der Waals surface area (Å²) < 4.78 is 5.61. The summed E-state index contributed by atoms with van der Waals surface area (Å²) in [6.07, 6.45) is 1.11. The lowest BCUT2D eigenvalue weighted by Crippen LogP contribution is -2.30. The van der Waals surface area contributed by atoms with Gasteiger partial charge in [0.2, 0.25) is 0 Å². The largest absolute Gasteiger partial charge is 0.418 e. The second kappa shape index (κ2) is 4.88. The minimum absolute atomic E-state index is 0.795. The molecule has 0 aromatic heterocycles. The maximum atomic E-state index is 5.61. The minimum Gasteiger partial charge on any atom is -0.418 e. The van der Waals surface area contributed by atoms with E-state index < -0.39 is 8.32 Å². The van der Waals surface area contributed by atoms with Gasteiger partial charge in [-0.2, -0.15) is 0 Å². The molecule has 2 nitrogen and oxygen atoms in total. The molecule has 0 atom stereocenters. The molecule has 2 N–H and O–H groups in total. The van der Waals surface area contributed by atoms with Gasteiger partial charge in [-0.1, -0.05) is 0 Å². The molecular formula is C7H19NOSi. The molecule has 0 aliphatic carbocycles. The van der Waals surface area contributed by atoms with Crippen molar-refractivity contribution in [2.75, 3.05) is 13.2 Å². The van der Waals surface area contributed by atoms with Gasteiger partial charge in [-0.05, 0) is 39.0 Å². The van der Waals surface area contributed by atoms with E-state index in [1.807, 2.05) is 0 Å².